The highest BCUT2D eigenvalue weighted by molar-refractivity contribution is 7.89. The van der Waals surface area contributed by atoms with Gasteiger partial charge in [-0.15, -0.1) is 0 Å². The molecule has 1 aromatic carbocycles. The third-order valence-electron chi connectivity index (χ3n) is 6.57. The van der Waals surface area contributed by atoms with Crippen molar-refractivity contribution < 1.29 is 17.9 Å². The van der Waals surface area contributed by atoms with Crippen molar-refractivity contribution in [1.29, 1.82) is 0 Å². The molecule has 0 bridgehead atoms. The number of benzene rings is 1. The zero-order chi connectivity index (χ0) is 23.2. The molecule has 10 heteroatoms. The highest BCUT2D eigenvalue weighted by atomic mass is 35.5. The lowest BCUT2D eigenvalue weighted by atomic mass is 10.0. The van der Waals surface area contributed by atoms with Gasteiger partial charge in [-0.2, -0.15) is 4.31 Å². The number of methoxy groups -OCH3 is 2. The molecule has 2 aliphatic heterocycles. The number of hydrogen-bond acceptors (Lipinski definition) is 6. The number of aromatic nitrogens is 2. The maximum atomic E-state index is 12.3. The van der Waals surface area contributed by atoms with Crippen LogP contribution in [-0.4, -0.2) is 67.8 Å². The Morgan fingerprint density at radius 1 is 1.06 bits per heavy atom. The van der Waals surface area contributed by atoms with E-state index in [2.05, 4.69) is 17.0 Å². The Morgan fingerprint density at radius 2 is 1.82 bits per heavy atom. The van der Waals surface area contributed by atoms with Crippen molar-refractivity contribution in [2.75, 3.05) is 44.5 Å². The molecule has 8 nitrogen and oxygen atoms in total. The Balaban J connectivity index is 1.37. The molecule has 2 aromatic heterocycles. The fourth-order valence-electron chi connectivity index (χ4n) is 4.84. The molecule has 5 rings (SSSR count). The summed E-state index contributed by atoms with van der Waals surface area (Å²) in [6.07, 6.45) is 6.36. The molecule has 0 amide bonds. The number of pyridine rings is 1. The van der Waals surface area contributed by atoms with Gasteiger partial charge in [-0.3, -0.25) is 0 Å². The third-order valence-corrected chi connectivity index (χ3v) is 8.86. The summed E-state index contributed by atoms with van der Waals surface area (Å²) in [4.78, 5) is 7.11. The molecule has 0 spiro atoms. The first-order valence-corrected chi connectivity index (χ1v) is 13.0. The van der Waals surface area contributed by atoms with E-state index in [1.54, 1.807) is 30.7 Å². The van der Waals surface area contributed by atoms with Gasteiger partial charge in [0.1, 0.15) is 17.1 Å². The minimum absolute atomic E-state index is 0.114. The lowest BCUT2D eigenvalue weighted by Gasteiger charge is -2.37. The normalized spacial score (nSPS) is 19.3. The first kappa shape index (κ1) is 22.3. The summed E-state index contributed by atoms with van der Waals surface area (Å²) in [6, 6.07) is 7.82. The van der Waals surface area contributed by atoms with Crippen molar-refractivity contribution in [3.05, 3.63) is 41.7 Å². The van der Waals surface area contributed by atoms with Crippen molar-refractivity contribution in [3.63, 3.8) is 0 Å². The van der Waals surface area contributed by atoms with E-state index in [4.69, 9.17) is 26.1 Å². The lowest BCUT2D eigenvalue weighted by molar-refractivity contribution is 0.291. The number of piperidine rings is 1. The molecule has 0 atom stereocenters. The molecule has 2 aliphatic rings. The number of ether oxygens (including phenoxy) is 2. The van der Waals surface area contributed by atoms with Crippen molar-refractivity contribution in [2.24, 2.45) is 0 Å². The summed E-state index contributed by atoms with van der Waals surface area (Å²) in [5.74, 6) is 1.48. The Kier molecular flexibility index (Phi) is 5.88. The fraction of sp³-hybridized carbons (Fsp3) is 0.435. The number of imidazole rings is 1. The summed E-state index contributed by atoms with van der Waals surface area (Å²) in [5, 5.41) is 0.494. The van der Waals surface area contributed by atoms with E-state index < -0.39 is 10.0 Å². The molecular formula is C23H27ClN4O4S. The van der Waals surface area contributed by atoms with E-state index in [9.17, 15) is 8.42 Å². The van der Waals surface area contributed by atoms with Crippen molar-refractivity contribution in [3.8, 4) is 22.8 Å². The van der Waals surface area contributed by atoms with Crippen LogP contribution in [0.1, 0.15) is 19.3 Å². The predicted octanol–water partition coefficient (Wildman–Crippen LogP) is 3.68. The smallest absolute Gasteiger partial charge is 0.214 e. The quantitative estimate of drug-likeness (QED) is 0.543. The topological polar surface area (TPSA) is 76.4 Å². The van der Waals surface area contributed by atoms with Crippen LogP contribution in [0.15, 0.2) is 36.7 Å². The van der Waals surface area contributed by atoms with Crippen LogP contribution in [0.2, 0.25) is 5.02 Å². The zero-order valence-electron chi connectivity index (χ0n) is 18.7. The predicted molar refractivity (Wildman–Crippen MR) is 129 cm³/mol. The molecule has 4 heterocycles. The summed E-state index contributed by atoms with van der Waals surface area (Å²) in [6.45, 7) is 2.30. The van der Waals surface area contributed by atoms with Gasteiger partial charge in [-0.05, 0) is 31.4 Å². The molecule has 0 saturated carbocycles. The first-order chi connectivity index (χ1) is 15.9. The fourth-order valence-corrected chi connectivity index (χ4v) is 6.88. The number of sulfonamides is 1. The van der Waals surface area contributed by atoms with Crippen LogP contribution in [0.25, 0.3) is 16.9 Å². The van der Waals surface area contributed by atoms with E-state index in [0.29, 0.717) is 23.1 Å². The second-order valence-electron chi connectivity index (χ2n) is 8.46. The van der Waals surface area contributed by atoms with Crippen LogP contribution < -0.4 is 14.4 Å². The molecule has 33 heavy (non-hydrogen) atoms. The van der Waals surface area contributed by atoms with Gasteiger partial charge in [0.15, 0.2) is 0 Å². The van der Waals surface area contributed by atoms with Crippen LogP contribution in [0, 0.1) is 0 Å². The Bertz CT molecular complexity index is 1290. The third kappa shape index (κ3) is 4.13. The van der Waals surface area contributed by atoms with E-state index >= 15 is 0 Å². The summed E-state index contributed by atoms with van der Waals surface area (Å²) in [7, 11) is 0.117. The molecule has 0 N–H and O–H groups in total. The second kappa shape index (κ2) is 8.70. The number of nitrogens with zero attached hydrogens (tertiary/aromatic N) is 4. The molecule has 0 aliphatic carbocycles. The largest absolute Gasteiger partial charge is 0.496 e. The average molecular weight is 491 g/mol. The van der Waals surface area contributed by atoms with Crippen LogP contribution in [0.4, 0.5) is 5.69 Å². The Labute approximate surface area is 198 Å². The number of anilines is 1. The number of hydrogen-bond donors (Lipinski definition) is 0. The number of fused-ring (bicyclic) bond motifs is 1. The van der Waals surface area contributed by atoms with Crippen LogP contribution in [0.3, 0.4) is 0 Å². The summed E-state index contributed by atoms with van der Waals surface area (Å²) < 4.78 is 39.0. The molecule has 2 fully saturated rings. The molecule has 0 unspecified atom stereocenters. The standard InChI is InChI=1S/C23H27ClN4O4S/c1-31-21-14-22(32-2)19(24)13-18(21)20-15-27-10-6-17(12-23(27)25-20)26-8-4-16(5-9-26)28-7-3-11-33(28,29)30/h6,10,12-16H,3-5,7-9,11H2,1-2H3. The Hall–Kier alpha value is -2.49. The minimum atomic E-state index is -3.06. The molecular weight excluding hydrogens is 464 g/mol. The average Bonchev–Trinajstić information content (AvgIpc) is 3.40. The highest BCUT2D eigenvalue weighted by Gasteiger charge is 2.36. The van der Waals surface area contributed by atoms with Gasteiger partial charge in [0.2, 0.25) is 10.0 Å². The number of rotatable bonds is 5. The summed E-state index contributed by atoms with van der Waals surface area (Å²) in [5.41, 5.74) is 3.45. The Morgan fingerprint density at radius 3 is 2.48 bits per heavy atom. The monoisotopic (exact) mass is 490 g/mol. The van der Waals surface area contributed by atoms with Gasteiger partial charge >= 0.3 is 0 Å². The molecule has 176 valence electrons. The van der Waals surface area contributed by atoms with Crippen molar-refractivity contribution in [1.82, 2.24) is 13.7 Å². The maximum absolute atomic E-state index is 12.3. The second-order valence-corrected chi connectivity index (χ2v) is 10.9. The van der Waals surface area contributed by atoms with Gasteiger partial charge in [-0.25, -0.2) is 13.4 Å². The van der Waals surface area contributed by atoms with Gasteiger partial charge in [-0.1, -0.05) is 11.6 Å². The van der Waals surface area contributed by atoms with E-state index in [1.165, 1.54) is 0 Å². The van der Waals surface area contributed by atoms with E-state index in [1.807, 2.05) is 16.8 Å². The maximum Gasteiger partial charge on any atom is 0.214 e. The van der Waals surface area contributed by atoms with Gasteiger partial charge < -0.3 is 18.8 Å². The SMILES string of the molecule is COc1cc(OC)c(-c2cn3ccc(N4CCC(N5CCCS5(=O)=O)CC4)cc3n2)cc1Cl. The molecule has 2 saturated heterocycles. The van der Waals surface area contributed by atoms with Gasteiger partial charge in [0.05, 0.1) is 30.7 Å². The van der Waals surface area contributed by atoms with E-state index in [0.717, 1.165) is 54.9 Å². The molecule has 0 radical (unpaired) electrons. The first-order valence-electron chi connectivity index (χ1n) is 11.0. The number of halogens is 1. The van der Waals surface area contributed by atoms with Crippen molar-refractivity contribution >= 4 is 33.0 Å². The van der Waals surface area contributed by atoms with Crippen LogP contribution in [-0.2, 0) is 10.0 Å². The van der Waals surface area contributed by atoms with Gasteiger partial charge in [0, 0.05) is 61.5 Å². The minimum Gasteiger partial charge on any atom is -0.496 e. The highest BCUT2D eigenvalue weighted by Crippen LogP contribution is 2.38. The lowest BCUT2D eigenvalue weighted by Crippen LogP contribution is -2.45. The van der Waals surface area contributed by atoms with E-state index in [-0.39, 0.29) is 11.8 Å². The van der Waals surface area contributed by atoms with Crippen LogP contribution in [0.5, 0.6) is 11.5 Å². The van der Waals surface area contributed by atoms with Crippen molar-refractivity contribution in [2.45, 2.75) is 25.3 Å². The van der Waals surface area contributed by atoms with Crippen LogP contribution >= 0.6 is 11.6 Å². The van der Waals surface area contributed by atoms with Gasteiger partial charge in [0.25, 0.3) is 0 Å². The zero-order valence-corrected chi connectivity index (χ0v) is 20.3. The summed E-state index contributed by atoms with van der Waals surface area (Å²) >= 11 is 6.35. The molecule has 3 aromatic rings.